The Balaban J connectivity index is 2.98. The predicted molar refractivity (Wildman–Crippen MR) is 69.0 cm³/mol. The summed E-state index contributed by atoms with van der Waals surface area (Å²) in [6, 6.07) is 6.92. The van der Waals surface area contributed by atoms with E-state index in [0.29, 0.717) is 17.0 Å². The largest absolute Gasteiger partial charge is 0.396 e. The van der Waals surface area contributed by atoms with Crippen molar-refractivity contribution in [3.8, 4) is 0 Å². The lowest BCUT2D eigenvalue weighted by atomic mass is 10.1. The number of benzene rings is 1. The molecule has 0 fully saturated rings. The molecule has 17 heavy (non-hydrogen) atoms. The molecule has 0 radical (unpaired) electrons. The molecule has 1 aromatic rings. The molecule has 0 saturated heterocycles. The smallest absolute Gasteiger partial charge is 0.177 e. The summed E-state index contributed by atoms with van der Waals surface area (Å²) in [6.45, 7) is 2.09. The van der Waals surface area contributed by atoms with E-state index in [9.17, 15) is 8.42 Å². The van der Waals surface area contributed by atoms with Gasteiger partial charge in [0.05, 0.1) is 10.6 Å². The van der Waals surface area contributed by atoms with Crippen molar-refractivity contribution < 1.29 is 13.5 Å². The molecule has 4 nitrogen and oxygen atoms in total. The van der Waals surface area contributed by atoms with Gasteiger partial charge in [-0.15, -0.1) is 0 Å². The highest BCUT2D eigenvalue weighted by Crippen LogP contribution is 2.22. The first kappa shape index (κ1) is 14.0. The first-order chi connectivity index (χ1) is 7.99. The molecular formula is C12H19NO3S. The number of aliphatic hydroxyl groups excluding tert-OH is 1. The van der Waals surface area contributed by atoms with E-state index >= 15 is 0 Å². The lowest BCUT2D eigenvalue weighted by molar-refractivity contribution is 0.278. The first-order valence-electron chi connectivity index (χ1n) is 5.65. The van der Waals surface area contributed by atoms with Crippen LogP contribution < -0.4 is 5.32 Å². The van der Waals surface area contributed by atoms with Crippen LogP contribution in [0.5, 0.6) is 0 Å². The molecule has 1 atom stereocenters. The number of hydrogen-bond donors (Lipinski definition) is 2. The minimum Gasteiger partial charge on any atom is -0.396 e. The van der Waals surface area contributed by atoms with Gasteiger partial charge < -0.3 is 10.4 Å². The van der Waals surface area contributed by atoms with Crippen molar-refractivity contribution in [2.45, 2.75) is 30.7 Å². The minimum atomic E-state index is -3.23. The summed E-state index contributed by atoms with van der Waals surface area (Å²) in [5, 5.41) is 12.1. The molecule has 2 N–H and O–H groups in total. The standard InChI is InChI=1S/C12H19NO3S/c1-3-10(8-9-14)13-11-6-4-5-7-12(11)17(2,15)16/h4-7,10,13-14H,3,8-9H2,1-2H3. The summed E-state index contributed by atoms with van der Waals surface area (Å²) >= 11 is 0. The van der Waals surface area contributed by atoms with Crippen molar-refractivity contribution in [2.75, 3.05) is 18.2 Å². The van der Waals surface area contributed by atoms with Gasteiger partial charge in [-0.25, -0.2) is 8.42 Å². The van der Waals surface area contributed by atoms with Crippen LogP contribution in [0.2, 0.25) is 0 Å². The Morgan fingerprint density at radius 3 is 2.53 bits per heavy atom. The van der Waals surface area contributed by atoms with E-state index in [4.69, 9.17) is 5.11 Å². The van der Waals surface area contributed by atoms with E-state index < -0.39 is 9.84 Å². The molecule has 1 unspecified atom stereocenters. The molecule has 0 aliphatic heterocycles. The summed E-state index contributed by atoms with van der Waals surface area (Å²) in [5.41, 5.74) is 0.607. The normalized spacial score (nSPS) is 13.4. The van der Waals surface area contributed by atoms with Gasteiger partial charge in [-0.2, -0.15) is 0 Å². The van der Waals surface area contributed by atoms with Crippen LogP contribution in [-0.4, -0.2) is 32.4 Å². The fourth-order valence-corrected chi connectivity index (χ4v) is 2.52. The number of hydrogen-bond acceptors (Lipinski definition) is 4. The van der Waals surface area contributed by atoms with Gasteiger partial charge in [0.1, 0.15) is 0 Å². The third-order valence-corrected chi connectivity index (χ3v) is 3.77. The highest BCUT2D eigenvalue weighted by Gasteiger charge is 2.14. The lowest BCUT2D eigenvalue weighted by Gasteiger charge is -2.19. The molecule has 5 heteroatoms. The zero-order valence-electron chi connectivity index (χ0n) is 10.2. The molecule has 96 valence electrons. The van der Waals surface area contributed by atoms with E-state index in [2.05, 4.69) is 5.32 Å². The average molecular weight is 257 g/mol. The maximum atomic E-state index is 11.6. The highest BCUT2D eigenvalue weighted by atomic mass is 32.2. The number of aliphatic hydroxyl groups is 1. The van der Waals surface area contributed by atoms with Gasteiger partial charge in [-0.1, -0.05) is 19.1 Å². The number of sulfone groups is 1. The molecule has 0 amide bonds. The second kappa shape index (κ2) is 6.02. The van der Waals surface area contributed by atoms with Gasteiger partial charge in [-0.05, 0) is 25.0 Å². The van der Waals surface area contributed by atoms with E-state index in [-0.39, 0.29) is 12.6 Å². The Bertz CT molecular complexity index is 457. The number of anilines is 1. The monoisotopic (exact) mass is 257 g/mol. The zero-order valence-corrected chi connectivity index (χ0v) is 11.0. The van der Waals surface area contributed by atoms with Gasteiger partial charge in [0.25, 0.3) is 0 Å². The molecule has 0 aliphatic carbocycles. The zero-order chi connectivity index (χ0) is 12.9. The van der Waals surface area contributed by atoms with Crippen LogP contribution in [0.3, 0.4) is 0 Å². The van der Waals surface area contributed by atoms with Crippen LogP contribution in [0.15, 0.2) is 29.2 Å². The fourth-order valence-electron chi connectivity index (χ4n) is 1.66. The van der Waals surface area contributed by atoms with Crippen molar-refractivity contribution in [1.82, 2.24) is 0 Å². The van der Waals surface area contributed by atoms with Crippen molar-refractivity contribution >= 4 is 15.5 Å². The number of nitrogens with one attached hydrogen (secondary N) is 1. The SMILES string of the molecule is CCC(CCO)Nc1ccccc1S(C)(=O)=O. The van der Waals surface area contributed by atoms with Crippen LogP contribution in [-0.2, 0) is 9.84 Å². The highest BCUT2D eigenvalue weighted by molar-refractivity contribution is 7.90. The molecule has 0 heterocycles. The van der Waals surface area contributed by atoms with Crippen molar-refractivity contribution in [3.05, 3.63) is 24.3 Å². The summed E-state index contributed by atoms with van der Waals surface area (Å²) < 4.78 is 23.2. The van der Waals surface area contributed by atoms with Gasteiger partial charge in [0.15, 0.2) is 9.84 Å². The third kappa shape index (κ3) is 4.02. The van der Waals surface area contributed by atoms with Gasteiger partial charge in [0, 0.05) is 18.9 Å². The average Bonchev–Trinajstić information content (AvgIpc) is 2.27. The quantitative estimate of drug-likeness (QED) is 0.813. The topological polar surface area (TPSA) is 66.4 Å². The molecule has 0 aromatic heterocycles. The maximum absolute atomic E-state index is 11.6. The predicted octanol–water partition coefficient (Wildman–Crippen LogP) is 1.66. The van der Waals surface area contributed by atoms with E-state index in [0.717, 1.165) is 6.42 Å². The summed E-state index contributed by atoms with van der Waals surface area (Å²) in [4.78, 5) is 0.302. The number of rotatable bonds is 6. The maximum Gasteiger partial charge on any atom is 0.177 e. The molecule has 0 bridgehead atoms. The van der Waals surface area contributed by atoms with E-state index in [1.165, 1.54) is 6.26 Å². The molecule has 0 saturated carbocycles. The molecular weight excluding hydrogens is 238 g/mol. The van der Waals surface area contributed by atoms with Crippen molar-refractivity contribution in [2.24, 2.45) is 0 Å². The fraction of sp³-hybridized carbons (Fsp3) is 0.500. The minimum absolute atomic E-state index is 0.0860. The van der Waals surface area contributed by atoms with Crippen LogP contribution in [0.1, 0.15) is 19.8 Å². The van der Waals surface area contributed by atoms with Crippen molar-refractivity contribution in [1.29, 1.82) is 0 Å². The van der Waals surface area contributed by atoms with Crippen molar-refractivity contribution in [3.63, 3.8) is 0 Å². The Morgan fingerprint density at radius 2 is 2.00 bits per heavy atom. The third-order valence-electron chi connectivity index (χ3n) is 2.62. The van der Waals surface area contributed by atoms with Gasteiger partial charge in [-0.3, -0.25) is 0 Å². The van der Waals surface area contributed by atoms with Crippen LogP contribution >= 0.6 is 0 Å². The Morgan fingerprint density at radius 1 is 1.35 bits per heavy atom. The second-order valence-corrected chi connectivity index (χ2v) is 6.01. The molecule has 1 rings (SSSR count). The van der Waals surface area contributed by atoms with E-state index in [1.54, 1.807) is 24.3 Å². The van der Waals surface area contributed by atoms with Crippen LogP contribution in [0.25, 0.3) is 0 Å². The lowest BCUT2D eigenvalue weighted by Crippen LogP contribution is -2.21. The molecule has 0 spiro atoms. The Kier molecular flexibility index (Phi) is 4.96. The van der Waals surface area contributed by atoms with Gasteiger partial charge in [0.2, 0.25) is 0 Å². The summed E-state index contributed by atoms with van der Waals surface area (Å²) in [5.74, 6) is 0. The van der Waals surface area contributed by atoms with Crippen LogP contribution in [0.4, 0.5) is 5.69 Å². The number of para-hydroxylation sites is 1. The molecule has 1 aromatic carbocycles. The Hall–Kier alpha value is -1.07. The summed E-state index contributed by atoms with van der Waals surface area (Å²) in [7, 11) is -3.23. The second-order valence-electron chi connectivity index (χ2n) is 4.03. The van der Waals surface area contributed by atoms with E-state index in [1.807, 2.05) is 6.92 Å². The Labute approximate surface area is 103 Å². The van der Waals surface area contributed by atoms with Crippen LogP contribution in [0, 0.1) is 0 Å². The van der Waals surface area contributed by atoms with Gasteiger partial charge >= 0.3 is 0 Å². The first-order valence-corrected chi connectivity index (χ1v) is 7.54. The molecule has 0 aliphatic rings. The summed E-state index contributed by atoms with van der Waals surface area (Å²) in [6.07, 6.45) is 2.63.